The second-order valence-corrected chi connectivity index (χ2v) is 6.08. The minimum absolute atomic E-state index is 0.243. The van der Waals surface area contributed by atoms with Crippen molar-refractivity contribution in [3.05, 3.63) is 42.0 Å². The lowest BCUT2D eigenvalue weighted by Gasteiger charge is -2.19. The van der Waals surface area contributed by atoms with Gasteiger partial charge in [0.2, 0.25) is 0 Å². The van der Waals surface area contributed by atoms with Crippen molar-refractivity contribution in [3.63, 3.8) is 0 Å². The van der Waals surface area contributed by atoms with Gasteiger partial charge >= 0.3 is 5.97 Å². The second-order valence-electron chi connectivity index (χ2n) is 6.08. The molecule has 0 fully saturated rings. The topological polar surface area (TPSA) is 64.6 Å². The van der Waals surface area contributed by atoms with Crippen LogP contribution in [0.2, 0.25) is 0 Å². The fraction of sp³-hybridized carbons (Fsp3) is 0.368. The zero-order valence-electron chi connectivity index (χ0n) is 14.5. The Labute approximate surface area is 141 Å². The fourth-order valence-corrected chi connectivity index (χ4v) is 2.63. The monoisotopic (exact) mass is 329 g/mol. The van der Waals surface area contributed by atoms with E-state index in [0.717, 1.165) is 10.8 Å². The molecule has 1 amide bonds. The maximum absolute atomic E-state index is 12.7. The summed E-state index contributed by atoms with van der Waals surface area (Å²) in [5, 5.41) is 4.68. The molecule has 0 aliphatic carbocycles. The Hall–Kier alpha value is -2.56. The van der Waals surface area contributed by atoms with Crippen molar-refractivity contribution < 1.29 is 19.1 Å². The van der Waals surface area contributed by atoms with Crippen LogP contribution in [-0.2, 0) is 9.53 Å². The van der Waals surface area contributed by atoms with Gasteiger partial charge in [0.05, 0.1) is 19.8 Å². The summed E-state index contributed by atoms with van der Waals surface area (Å²) in [5.41, 5.74) is 0.397. The van der Waals surface area contributed by atoms with E-state index in [1.807, 2.05) is 44.2 Å². The Morgan fingerprint density at radius 2 is 1.71 bits per heavy atom. The maximum Gasteiger partial charge on any atom is 0.328 e. The van der Waals surface area contributed by atoms with Crippen molar-refractivity contribution in [1.82, 2.24) is 5.32 Å². The second kappa shape index (κ2) is 7.81. The molecule has 1 N–H and O–H groups in total. The first-order chi connectivity index (χ1) is 11.5. The number of carbonyl (C=O) groups excluding carboxylic acids is 2. The third kappa shape index (κ3) is 4.04. The number of hydrogen-bond donors (Lipinski definition) is 1. The highest BCUT2D eigenvalue weighted by molar-refractivity contribution is 6.03. The minimum atomic E-state index is -0.682. The molecule has 0 spiro atoms. The number of amides is 1. The van der Waals surface area contributed by atoms with Crippen LogP contribution < -0.4 is 10.1 Å². The fourth-order valence-electron chi connectivity index (χ4n) is 2.63. The zero-order valence-corrected chi connectivity index (χ0v) is 14.5. The standard InChI is InChI=1S/C19H23NO4/c1-12(2)9-16(19(22)24-4)20-18(21)15-10-13-7-5-6-8-14(13)11-17(15)23-3/h5-8,10-12,16H,9H2,1-4H3,(H,20,21). The van der Waals surface area contributed by atoms with E-state index in [0.29, 0.717) is 17.7 Å². The number of carbonyl (C=O) groups is 2. The van der Waals surface area contributed by atoms with Gasteiger partial charge in [0, 0.05) is 0 Å². The van der Waals surface area contributed by atoms with Gasteiger partial charge in [-0.3, -0.25) is 4.79 Å². The zero-order chi connectivity index (χ0) is 17.7. The van der Waals surface area contributed by atoms with Gasteiger partial charge in [0.25, 0.3) is 5.91 Å². The van der Waals surface area contributed by atoms with Gasteiger partial charge in [-0.25, -0.2) is 4.79 Å². The molecule has 0 aliphatic rings. The quantitative estimate of drug-likeness (QED) is 0.827. The van der Waals surface area contributed by atoms with Crippen LogP contribution in [0.15, 0.2) is 36.4 Å². The van der Waals surface area contributed by atoms with Crippen molar-refractivity contribution in [1.29, 1.82) is 0 Å². The van der Waals surface area contributed by atoms with E-state index in [-0.39, 0.29) is 11.8 Å². The number of esters is 1. The highest BCUT2D eigenvalue weighted by Crippen LogP contribution is 2.26. The third-order valence-corrected chi connectivity index (χ3v) is 3.81. The van der Waals surface area contributed by atoms with Crippen molar-refractivity contribution >= 4 is 22.6 Å². The van der Waals surface area contributed by atoms with E-state index >= 15 is 0 Å². The lowest BCUT2D eigenvalue weighted by Crippen LogP contribution is -2.42. The van der Waals surface area contributed by atoms with Crippen molar-refractivity contribution in [2.24, 2.45) is 5.92 Å². The molecule has 2 aromatic carbocycles. The highest BCUT2D eigenvalue weighted by atomic mass is 16.5. The van der Waals surface area contributed by atoms with E-state index in [1.165, 1.54) is 14.2 Å². The lowest BCUT2D eigenvalue weighted by molar-refractivity contribution is -0.143. The van der Waals surface area contributed by atoms with Crippen molar-refractivity contribution in [2.75, 3.05) is 14.2 Å². The summed E-state index contributed by atoms with van der Waals surface area (Å²) in [6, 6.07) is 10.6. The maximum atomic E-state index is 12.7. The summed E-state index contributed by atoms with van der Waals surface area (Å²) in [7, 11) is 2.84. The molecule has 0 saturated heterocycles. The molecule has 5 nitrogen and oxygen atoms in total. The van der Waals surface area contributed by atoms with Crippen LogP contribution in [0, 0.1) is 5.92 Å². The Morgan fingerprint density at radius 3 is 2.25 bits per heavy atom. The van der Waals surface area contributed by atoms with Crippen LogP contribution in [0.5, 0.6) is 5.75 Å². The number of methoxy groups -OCH3 is 2. The number of benzene rings is 2. The van der Waals surface area contributed by atoms with Gasteiger partial charge in [-0.15, -0.1) is 0 Å². The van der Waals surface area contributed by atoms with Crippen LogP contribution in [-0.4, -0.2) is 32.1 Å². The Kier molecular flexibility index (Phi) is 5.79. The van der Waals surface area contributed by atoms with Crippen molar-refractivity contribution in [2.45, 2.75) is 26.3 Å². The van der Waals surface area contributed by atoms with Gasteiger partial charge in [0.1, 0.15) is 11.8 Å². The van der Waals surface area contributed by atoms with E-state index in [4.69, 9.17) is 9.47 Å². The van der Waals surface area contributed by atoms with Crippen LogP contribution in [0.4, 0.5) is 0 Å². The molecule has 0 aromatic heterocycles. The Bertz CT molecular complexity index is 739. The average molecular weight is 329 g/mol. The van der Waals surface area contributed by atoms with Gasteiger partial charge in [-0.1, -0.05) is 38.1 Å². The number of hydrogen-bond acceptors (Lipinski definition) is 4. The summed E-state index contributed by atoms with van der Waals surface area (Å²) >= 11 is 0. The van der Waals surface area contributed by atoms with Gasteiger partial charge in [-0.05, 0) is 35.2 Å². The first-order valence-corrected chi connectivity index (χ1v) is 7.91. The van der Waals surface area contributed by atoms with Crippen LogP contribution in [0.3, 0.4) is 0 Å². The SMILES string of the molecule is COC(=O)C(CC(C)C)NC(=O)c1cc2ccccc2cc1OC. The predicted molar refractivity (Wildman–Crippen MR) is 93.2 cm³/mol. The van der Waals surface area contributed by atoms with E-state index in [9.17, 15) is 9.59 Å². The summed E-state index contributed by atoms with van der Waals surface area (Å²) in [4.78, 5) is 24.6. The largest absolute Gasteiger partial charge is 0.496 e. The molecule has 24 heavy (non-hydrogen) atoms. The molecular formula is C19H23NO4. The van der Waals surface area contributed by atoms with Gasteiger partial charge in [-0.2, -0.15) is 0 Å². The molecule has 2 aromatic rings. The third-order valence-electron chi connectivity index (χ3n) is 3.81. The van der Waals surface area contributed by atoms with E-state index in [2.05, 4.69) is 5.32 Å². The van der Waals surface area contributed by atoms with Crippen LogP contribution >= 0.6 is 0 Å². The normalized spacial score (nSPS) is 12.0. The van der Waals surface area contributed by atoms with E-state index in [1.54, 1.807) is 6.07 Å². The lowest BCUT2D eigenvalue weighted by atomic mass is 10.0. The minimum Gasteiger partial charge on any atom is -0.496 e. The number of fused-ring (bicyclic) bond motifs is 1. The smallest absolute Gasteiger partial charge is 0.328 e. The average Bonchev–Trinajstić information content (AvgIpc) is 2.58. The number of ether oxygens (including phenoxy) is 2. The molecule has 1 unspecified atom stereocenters. The number of rotatable bonds is 6. The Morgan fingerprint density at radius 1 is 1.08 bits per heavy atom. The number of nitrogens with one attached hydrogen (secondary N) is 1. The highest BCUT2D eigenvalue weighted by Gasteiger charge is 2.24. The summed E-state index contributed by atoms with van der Waals surface area (Å²) in [5.74, 6) is -0.0854. The summed E-state index contributed by atoms with van der Waals surface area (Å²) in [6.07, 6.45) is 0.508. The van der Waals surface area contributed by atoms with Crippen molar-refractivity contribution in [3.8, 4) is 5.75 Å². The molecule has 0 aliphatic heterocycles. The molecular weight excluding hydrogens is 306 g/mol. The first-order valence-electron chi connectivity index (χ1n) is 7.91. The first kappa shape index (κ1) is 17.8. The summed E-state index contributed by atoms with van der Waals surface area (Å²) < 4.78 is 10.1. The van der Waals surface area contributed by atoms with Gasteiger partial charge < -0.3 is 14.8 Å². The Balaban J connectivity index is 2.33. The molecule has 0 saturated carbocycles. The molecule has 2 rings (SSSR count). The van der Waals surface area contributed by atoms with E-state index < -0.39 is 12.0 Å². The molecule has 1 atom stereocenters. The molecule has 0 bridgehead atoms. The van der Waals surface area contributed by atoms with Gasteiger partial charge in [0.15, 0.2) is 0 Å². The molecule has 0 radical (unpaired) electrons. The summed E-state index contributed by atoms with van der Waals surface area (Å²) in [6.45, 7) is 3.97. The van der Waals surface area contributed by atoms with Crippen LogP contribution in [0.25, 0.3) is 10.8 Å². The van der Waals surface area contributed by atoms with Crippen LogP contribution in [0.1, 0.15) is 30.6 Å². The molecule has 5 heteroatoms. The molecule has 128 valence electrons. The molecule has 0 heterocycles. The predicted octanol–water partition coefficient (Wildman–Crippen LogP) is 3.17.